The summed E-state index contributed by atoms with van der Waals surface area (Å²) in [4.78, 5) is 0. The van der Waals surface area contributed by atoms with Crippen molar-refractivity contribution in [2.75, 3.05) is 0 Å². The molecule has 10 aromatic rings. The topological polar surface area (TPSA) is 4.93 Å². The maximum atomic E-state index is 2.46. The van der Waals surface area contributed by atoms with Gasteiger partial charge in [0.1, 0.15) is 0 Å². The van der Waals surface area contributed by atoms with Crippen LogP contribution in [-0.4, -0.2) is 4.57 Å². The van der Waals surface area contributed by atoms with Crippen LogP contribution in [0.5, 0.6) is 0 Å². The number of fused-ring (bicyclic) bond motifs is 9. The predicted octanol–water partition coefficient (Wildman–Crippen LogP) is 14.1. The Morgan fingerprint density at radius 3 is 1.81 bits per heavy atom. The van der Waals surface area contributed by atoms with Gasteiger partial charge in [-0.05, 0) is 118 Å². The van der Waals surface area contributed by atoms with E-state index in [1.807, 2.05) is 0 Å². The number of aryl methyl sites for hydroxylation is 1. The van der Waals surface area contributed by atoms with Gasteiger partial charge in [-0.25, -0.2) is 0 Å². The molecule has 0 aliphatic heterocycles. The molecule has 0 unspecified atom stereocenters. The van der Waals surface area contributed by atoms with Crippen LogP contribution in [0.1, 0.15) is 25.0 Å². The lowest BCUT2D eigenvalue weighted by Gasteiger charge is -2.23. The number of benzene rings is 9. The number of nitrogens with zero attached hydrogens (tertiary/aromatic N) is 1. The number of aromatic nitrogens is 1. The molecule has 0 saturated carbocycles. The van der Waals surface area contributed by atoms with Gasteiger partial charge >= 0.3 is 0 Å². The molecule has 1 heteroatoms. The molecule has 0 N–H and O–H groups in total. The third-order valence-electron chi connectivity index (χ3n) is 12.2. The van der Waals surface area contributed by atoms with Crippen molar-refractivity contribution in [2.45, 2.75) is 19.3 Å². The highest BCUT2D eigenvalue weighted by atomic mass is 14.9. The van der Waals surface area contributed by atoms with Gasteiger partial charge in [0.05, 0.1) is 0 Å². The predicted molar refractivity (Wildman–Crippen MR) is 227 cm³/mol. The van der Waals surface area contributed by atoms with Gasteiger partial charge in [0, 0.05) is 34.3 Å². The summed E-state index contributed by atoms with van der Waals surface area (Å²) in [5.41, 5.74) is 15.5. The summed E-state index contributed by atoms with van der Waals surface area (Å²) in [5, 5.41) is 10.2. The van der Waals surface area contributed by atoms with E-state index in [0.29, 0.717) is 0 Å². The smallest absolute Gasteiger partial charge is 0.0489 e. The van der Waals surface area contributed by atoms with Crippen molar-refractivity contribution in [3.63, 3.8) is 0 Å². The van der Waals surface area contributed by atoms with Crippen molar-refractivity contribution in [1.29, 1.82) is 0 Å². The van der Waals surface area contributed by atoms with Gasteiger partial charge in [-0.3, -0.25) is 0 Å². The van der Waals surface area contributed by atoms with E-state index in [4.69, 9.17) is 0 Å². The Balaban J connectivity index is 1.27. The van der Waals surface area contributed by atoms with Crippen LogP contribution in [0.2, 0.25) is 0 Å². The number of rotatable bonds is 3. The van der Waals surface area contributed by atoms with Crippen LogP contribution >= 0.6 is 0 Å². The highest BCUT2D eigenvalue weighted by Crippen LogP contribution is 2.55. The average molecular weight is 676 g/mol. The molecule has 0 spiro atoms. The van der Waals surface area contributed by atoms with Crippen LogP contribution < -0.4 is 0 Å². The summed E-state index contributed by atoms with van der Waals surface area (Å²) in [5.74, 6) is 0. The van der Waals surface area contributed by atoms with Crippen LogP contribution in [0.4, 0.5) is 0 Å². The van der Waals surface area contributed by atoms with E-state index in [1.165, 1.54) is 110 Å². The third-order valence-corrected chi connectivity index (χ3v) is 12.2. The lowest BCUT2D eigenvalue weighted by molar-refractivity contribution is 0.660. The van der Waals surface area contributed by atoms with Crippen LogP contribution in [0.15, 0.2) is 170 Å². The largest absolute Gasteiger partial charge is 0.344 e. The van der Waals surface area contributed by atoms with Crippen LogP contribution in [0, 0.1) is 0 Å². The molecule has 1 heterocycles. The van der Waals surface area contributed by atoms with Gasteiger partial charge < -0.3 is 4.57 Å². The van der Waals surface area contributed by atoms with E-state index < -0.39 is 0 Å². The minimum absolute atomic E-state index is 0.0857. The minimum Gasteiger partial charge on any atom is -0.344 e. The van der Waals surface area contributed by atoms with E-state index in [9.17, 15) is 0 Å². The summed E-state index contributed by atoms with van der Waals surface area (Å²) in [6, 6.07) is 63.6. The molecule has 1 nitrogen and oxygen atoms in total. The molecule has 1 aliphatic carbocycles. The Morgan fingerprint density at radius 1 is 0.358 bits per heavy atom. The molecule has 0 saturated heterocycles. The monoisotopic (exact) mass is 675 g/mol. The molecule has 9 aromatic carbocycles. The van der Waals surface area contributed by atoms with Gasteiger partial charge in [0.2, 0.25) is 0 Å². The fourth-order valence-corrected chi connectivity index (χ4v) is 9.61. The zero-order chi connectivity index (χ0) is 35.4. The summed E-state index contributed by atoms with van der Waals surface area (Å²) in [7, 11) is 2.18. The molecule has 1 aromatic heterocycles. The number of para-hydroxylation sites is 1. The van der Waals surface area contributed by atoms with Gasteiger partial charge in [0.15, 0.2) is 0 Å². The van der Waals surface area contributed by atoms with E-state index >= 15 is 0 Å². The average Bonchev–Trinajstić information content (AvgIpc) is 3.62. The molecule has 0 radical (unpaired) electrons. The van der Waals surface area contributed by atoms with E-state index in [1.54, 1.807) is 0 Å². The molecule has 250 valence electrons. The quantitative estimate of drug-likeness (QED) is 0.164. The second-order valence-corrected chi connectivity index (χ2v) is 15.3. The number of hydrogen-bond acceptors (Lipinski definition) is 0. The Morgan fingerprint density at radius 2 is 0.943 bits per heavy atom. The maximum absolute atomic E-state index is 2.46. The van der Waals surface area contributed by atoms with Gasteiger partial charge in [-0.1, -0.05) is 153 Å². The van der Waals surface area contributed by atoms with Gasteiger partial charge in [-0.2, -0.15) is 0 Å². The molecule has 1 aliphatic rings. The SMILES string of the molecule is Cn1c2ccccc2c2cc(-c3c4ccccc4c(-c4cccc5c4-c4ccccc4C5(C)C)c4cc(-c5ccc6ccccc6c5)ccc34)ccc21. The third kappa shape index (κ3) is 4.25. The summed E-state index contributed by atoms with van der Waals surface area (Å²) in [6.07, 6.45) is 0. The van der Waals surface area contributed by atoms with Crippen molar-refractivity contribution < 1.29 is 0 Å². The Hall–Kier alpha value is -6.44. The molecular weight excluding hydrogens is 639 g/mol. The van der Waals surface area contributed by atoms with E-state index in [-0.39, 0.29) is 5.41 Å². The van der Waals surface area contributed by atoms with E-state index in [2.05, 4.69) is 195 Å². The molecule has 0 atom stereocenters. The Labute approximate surface area is 309 Å². The standard InChI is InChI=1S/C52H37N/c1-52(2)45-20-10-8-18-41(45)51-42(19-12-21-46(51)52)50-39-17-7-6-16-38(39)49(36-26-28-48-43(31-36)37-15-9-11-22-47(37)53(48)3)40-27-25-35(30-44(40)50)34-24-23-32-13-4-5-14-33(32)29-34/h4-31H,1-3H3. The summed E-state index contributed by atoms with van der Waals surface area (Å²) in [6.45, 7) is 4.75. The Kier molecular flexibility index (Phi) is 6.29. The van der Waals surface area contributed by atoms with Crippen molar-refractivity contribution >= 4 is 54.1 Å². The van der Waals surface area contributed by atoms with Crippen LogP contribution in [0.3, 0.4) is 0 Å². The fourth-order valence-electron chi connectivity index (χ4n) is 9.61. The van der Waals surface area contributed by atoms with Gasteiger partial charge in [0.25, 0.3) is 0 Å². The highest BCUT2D eigenvalue weighted by molar-refractivity contribution is 6.24. The van der Waals surface area contributed by atoms with Crippen molar-refractivity contribution in [3.8, 4) is 44.5 Å². The number of hydrogen-bond donors (Lipinski definition) is 0. The highest BCUT2D eigenvalue weighted by Gasteiger charge is 2.37. The van der Waals surface area contributed by atoms with E-state index in [0.717, 1.165) is 0 Å². The summed E-state index contributed by atoms with van der Waals surface area (Å²) < 4.78 is 2.32. The van der Waals surface area contributed by atoms with Crippen molar-refractivity contribution in [1.82, 2.24) is 4.57 Å². The zero-order valence-corrected chi connectivity index (χ0v) is 30.1. The summed E-state index contributed by atoms with van der Waals surface area (Å²) >= 11 is 0. The fraction of sp³-hybridized carbons (Fsp3) is 0.0769. The second-order valence-electron chi connectivity index (χ2n) is 15.3. The molecule has 0 fully saturated rings. The molecular formula is C52H37N. The van der Waals surface area contributed by atoms with Crippen LogP contribution in [-0.2, 0) is 12.5 Å². The molecule has 53 heavy (non-hydrogen) atoms. The molecule has 0 amide bonds. The zero-order valence-electron chi connectivity index (χ0n) is 30.1. The lowest BCUT2D eigenvalue weighted by atomic mass is 9.80. The lowest BCUT2D eigenvalue weighted by Crippen LogP contribution is -2.14. The van der Waals surface area contributed by atoms with Gasteiger partial charge in [-0.15, -0.1) is 0 Å². The second kappa shape index (κ2) is 11.0. The van der Waals surface area contributed by atoms with Crippen molar-refractivity contribution in [3.05, 3.63) is 181 Å². The minimum atomic E-state index is -0.0857. The van der Waals surface area contributed by atoms with Crippen LogP contribution in [0.25, 0.3) is 98.6 Å². The molecule has 11 rings (SSSR count). The first-order valence-electron chi connectivity index (χ1n) is 18.7. The maximum Gasteiger partial charge on any atom is 0.0489 e. The van der Waals surface area contributed by atoms with Crippen molar-refractivity contribution in [2.24, 2.45) is 7.05 Å². The Bertz CT molecular complexity index is 3150. The first-order valence-corrected chi connectivity index (χ1v) is 18.7. The molecule has 0 bridgehead atoms. The first kappa shape index (κ1) is 30.2. The normalized spacial score (nSPS) is 13.3. The first-order chi connectivity index (χ1) is 26.0.